The van der Waals surface area contributed by atoms with E-state index in [9.17, 15) is 14.0 Å². The number of furan rings is 1. The Morgan fingerprint density at radius 2 is 2.04 bits per heavy atom. The zero-order valence-corrected chi connectivity index (χ0v) is 14.4. The predicted octanol–water partition coefficient (Wildman–Crippen LogP) is 2.60. The predicted molar refractivity (Wildman–Crippen MR) is 95.9 cm³/mol. The number of rotatable bonds is 6. The van der Waals surface area contributed by atoms with Crippen LogP contribution in [-0.2, 0) is 6.54 Å². The quantitative estimate of drug-likeness (QED) is 0.696. The molecular weight excluding hydrogens is 353 g/mol. The van der Waals surface area contributed by atoms with Gasteiger partial charge in [-0.1, -0.05) is 0 Å². The minimum atomic E-state index is -0.442. The zero-order valence-electron chi connectivity index (χ0n) is 14.4. The fourth-order valence-electron chi connectivity index (χ4n) is 2.79. The van der Waals surface area contributed by atoms with E-state index >= 15 is 0 Å². The second-order valence-corrected chi connectivity index (χ2v) is 6.30. The summed E-state index contributed by atoms with van der Waals surface area (Å²) in [4.78, 5) is 24.5. The molecule has 9 heteroatoms. The normalized spacial score (nSPS) is 13.5. The van der Waals surface area contributed by atoms with E-state index in [0.29, 0.717) is 17.3 Å². The lowest BCUT2D eigenvalue weighted by Crippen LogP contribution is -2.34. The molecule has 1 fully saturated rings. The number of urea groups is 1. The molecule has 2 aromatic heterocycles. The topological polar surface area (TPSA) is 94.1 Å². The fraction of sp³-hybridized carbons (Fsp3) is 0.278. The third-order valence-corrected chi connectivity index (χ3v) is 4.24. The molecule has 4 rings (SSSR count). The van der Waals surface area contributed by atoms with Gasteiger partial charge in [-0.2, -0.15) is 0 Å². The van der Waals surface area contributed by atoms with Gasteiger partial charge >= 0.3 is 11.7 Å². The summed E-state index contributed by atoms with van der Waals surface area (Å²) >= 11 is 0. The smallest absolute Gasteiger partial charge is 0.346 e. The largest absolute Gasteiger partial charge is 0.461 e. The third kappa shape index (κ3) is 3.76. The Balaban J connectivity index is 1.40. The average Bonchev–Trinajstić information content (AvgIpc) is 3.22. The van der Waals surface area contributed by atoms with E-state index in [2.05, 4.69) is 15.7 Å². The summed E-state index contributed by atoms with van der Waals surface area (Å²) in [6, 6.07) is 8.67. The van der Waals surface area contributed by atoms with Crippen LogP contribution in [0.25, 0.3) is 11.6 Å². The summed E-state index contributed by atoms with van der Waals surface area (Å²) in [5, 5.41) is 9.61. The van der Waals surface area contributed by atoms with Crippen LogP contribution in [0.4, 0.5) is 14.9 Å². The molecule has 1 aliphatic rings. The molecule has 8 nitrogen and oxygen atoms in total. The number of nitrogens with zero attached hydrogens (tertiary/aromatic N) is 3. The highest BCUT2D eigenvalue weighted by atomic mass is 19.1. The average molecular weight is 371 g/mol. The van der Waals surface area contributed by atoms with E-state index in [0.717, 1.165) is 12.8 Å². The molecule has 1 aliphatic carbocycles. The minimum Gasteiger partial charge on any atom is -0.461 e. The number of anilines is 1. The number of hydrogen-bond donors (Lipinski definition) is 2. The Bertz CT molecular complexity index is 987. The lowest BCUT2D eigenvalue weighted by atomic mass is 10.3. The first-order chi connectivity index (χ1) is 13.1. The lowest BCUT2D eigenvalue weighted by molar-refractivity contribution is 0.251. The van der Waals surface area contributed by atoms with Gasteiger partial charge in [0.15, 0.2) is 5.76 Å². The number of hydrogen-bond acceptors (Lipinski definition) is 4. The van der Waals surface area contributed by atoms with Crippen LogP contribution in [0.1, 0.15) is 18.9 Å². The molecule has 2 amide bonds. The third-order valence-electron chi connectivity index (χ3n) is 4.24. The molecule has 27 heavy (non-hydrogen) atoms. The maximum atomic E-state index is 12.9. The van der Waals surface area contributed by atoms with Crippen molar-refractivity contribution in [2.45, 2.75) is 25.4 Å². The van der Waals surface area contributed by atoms with Crippen molar-refractivity contribution in [3.05, 3.63) is 59.0 Å². The maximum Gasteiger partial charge on any atom is 0.346 e. The SMILES string of the molecule is O=C(NCCn1nc(-c2ccco2)n(C2CC2)c1=O)Nc1ccc(F)cc1. The van der Waals surface area contributed by atoms with Crippen LogP contribution in [0.15, 0.2) is 51.9 Å². The van der Waals surface area contributed by atoms with E-state index in [-0.39, 0.29) is 30.6 Å². The first-order valence-corrected chi connectivity index (χ1v) is 8.65. The lowest BCUT2D eigenvalue weighted by Gasteiger charge is -2.07. The van der Waals surface area contributed by atoms with Crippen molar-refractivity contribution >= 4 is 11.7 Å². The summed E-state index contributed by atoms with van der Waals surface area (Å²) in [5.41, 5.74) is 0.258. The highest BCUT2D eigenvalue weighted by Gasteiger charge is 2.31. The molecule has 2 N–H and O–H groups in total. The molecule has 0 aliphatic heterocycles. The summed E-state index contributed by atoms with van der Waals surface area (Å²) in [5.74, 6) is 0.668. The molecule has 0 bridgehead atoms. The number of aromatic nitrogens is 3. The van der Waals surface area contributed by atoms with Crippen molar-refractivity contribution in [3.8, 4) is 11.6 Å². The van der Waals surface area contributed by atoms with Crippen LogP contribution in [0.3, 0.4) is 0 Å². The molecule has 0 atom stereocenters. The van der Waals surface area contributed by atoms with Gasteiger partial charge in [0.2, 0.25) is 5.82 Å². The molecule has 0 unspecified atom stereocenters. The van der Waals surface area contributed by atoms with Gasteiger partial charge in [0.25, 0.3) is 0 Å². The van der Waals surface area contributed by atoms with Gasteiger partial charge in [-0.05, 0) is 49.2 Å². The van der Waals surface area contributed by atoms with Crippen LogP contribution >= 0.6 is 0 Å². The van der Waals surface area contributed by atoms with Crippen LogP contribution < -0.4 is 16.3 Å². The summed E-state index contributed by atoms with van der Waals surface area (Å²) in [6.45, 7) is 0.440. The summed E-state index contributed by atoms with van der Waals surface area (Å²) in [6.07, 6.45) is 3.42. The molecule has 1 aromatic carbocycles. The Hall–Kier alpha value is -3.36. The standard InChI is InChI=1S/C18H18FN5O3/c19-12-3-5-13(6-4-12)21-17(25)20-9-10-23-18(26)24(14-7-8-14)16(22-23)15-2-1-11-27-15/h1-6,11,14H,7-10H2,(H2,20,21,25). The maximum absolute atomic E-state index is 12.9. The Morgan fingerprint density at radius 3 is 2.70 bits per heavy atom. The Morgan fingerprint density at radius 1 is 1.26 bits per heavy atom. The molecule has 1 saturated carbocycles. The van der Waals surface area contributed by atoms with Crippen molar-refractivity contribution in [3.63, 3.8) is 0 Å². The Kier molecular flexibility index (Phi) is 4.49. The first kappa shape index (κ1) is 17.1. The van der Waals surface area contributed by atoms with Crippen molar-refractivity contribution in [1.82, 2.24) is 19.7 Å². The van der Waals surface area contributed by atoms with E-state index in [4.69, 9.17) is 4.42 Å². The molecule has 140 valence electrons. The Labute approximate surface area is 153 Å². The van der Waals surface area contributed by atoms with Gasteiger partial charge < -0.3 is 15.1 Å². The van der Waals surface area contributed by atoms with Crippen molar-refractivity contribution in [1.29, 1.82) is 0 Å². The highest BCUT2D eigenvalue weighted by Crippen LogP contribution is 2.36. The second kappa shape index (κ2) is 7.10. The van der Waals surface area contributed by atoms with Crippen molar-refractivity contribution in [2.75, 3.05) is 11.9 Å². The number of nitrogens with one attached hydrogen (secondary N) is 2. The van der Waals surface area contributed by atoms with E-state index in [1.165, 1.54) is 35.2 Å². The molecule has 2 heterocycles. The van der Waals surface area contributed by atoms with Crippen LogP contribution in [-0.4, -0.2) is 26.9 Å². The first-order valence-electron chi connectivity index (χ1n) is 8.65. The van der Waals surface area contributed by atoms with Crippen molar-refractivity contribution < 1.29 is 13.6 Å². The summed E-state index contributed by atoms with van der Waals surface area (Å²) in [7, 11) is 0. The van der Waals surface area contributed by atoms with Gasteiger partial charge in [0, 0.05) is 18.3 Å². The molecule has 0 radical (unpaired) electrons. The number of carbonyl (C=O) groups is 1. The fourth-order valence-corrected chi connectivity index (χ4v) is 2.79. The molecule has 0 spiro atoms. The van der Waals surface area contributed by atoms with Gasteiger partial charge in [-0.15, -0.1) is 5.10 Å². The minimum absolute atomic E-state index is 0.154. The number of benzene rings is 1. The van der Waals surface area contributed by atoms with Crippen LogP contribution in [0.2, 0.25) is 0 Å². The number of amides is 2. The number of halogens is 1. The van der Waals surface area contributed by atoms with Crippen molar-refractivity contribution in [2.24, 2.45) is 0 Å². The molecule has 3 aromatic rings. The van der Waals surface area contributed by atoms with Gasteiger partial charge in [0.1, 0.15) is 5.82 Å². The summed E-state index contributed by atoms with van der Waals surface area (Å²) < 4.78 is 21.2. The zero-order chi connectivity index (χ0) is 18.8. The monoisotopic (exact) mass is 371 g/mol. The second-order valence-electron chi connectivity index (χ2n) is 6.30. The molecular formula is C18H18FN5O3. The van der Waals surface area contributed by atoms with Crippen LogP contribution in [0.5, 0.6) is 0 Å². The van der Waals surface area contributed by atoms with Crippen LogP contribution in [0, 0.1) is 5.82 Å². The highest BCUT2D eigenvalue weighted by molar-refractivity contribution is 5.89. The van der Waals surface area contributed by atoms with Gasteiger partial charge in [0.05, 0.1) is 12.8 Å². The van der Waals surface area contributed by atoms with Gasteiger partial charge in [-0.3, -0.25) is 4.57 Å². The molecule has 0 saturated heterocycles. The van der Waals surface area contributed by atoms with E-state index in [1.54, 1.807) is 16.7 Å². The number of carbonyl (C=O) groups excluding carboxylic acids is 1. The van der Waals surface area contributed by atoms with Gasteiger partial charge in [-0.25, -0.2) is 18.7 Å². The van der Waals surface area contributed by atoms with E-state index < -0.39 is 6.03 Å². The van der Waals surface area contributed by atoms with E-state index in [1.807, 2.05) is 0 Å².